The van der Waals surface area contributed by atoms with Gasteiger partial charge >= 0.3 is 0 Å². The molecule has 1 heterocycles. The van der Waals surface area contributed by atoms with E-state index in [9.17, 15) is 4.79 Å². The number of rotatable bonds is 1. The molecule has 0 saturated heterocycles. The van der Waals surface area contributed by atoms with E-state index in [2.05, 4.69) is 18.2 Å². The summed E-state index contributed by atoms with van der Waals surface area (Å²) >= 11 is 12.9. The monoisotopic (exact) mass is 355 g/mol. The minimum absolute atomic E-state index is 0.0683. The Bertz CT molecular complexity index is 947. The van der Waals surface area contributed by atoms with Gasteiger partial charge in [-0.1, -0.05) is 59.6 Å². The van der Waals surface area contributed by atoms with Crippen molar-refractivity contribution in [3.05, 3.63) is 75.8 Å². The summed E-state index contributed by atoms with van der Waals surface area (Å²) in [6, 6.07) is 17.8. The predicted octanol–water partition coefficient (Wildman–Crippen LogP) is 5.65. The van der Waals surface area contributed by atoms with Gasteiger partial charge in [-0.25, -0.2) is 0 Å². The lowest BCUT2D eigenvalue weighted by Gasteiger charge is -2.33. The molecule has 0 fully saturated rings. The molecule has 0 saturated carbocycles. The Hall–Kier alpha value is -2.03. The van der Waals surface area contributed by atoms with Crippen molar-refractivity contribution in [1.82, 2.24) is 0 Å². The fraction of sp³-hybridized carbons (Fsp3) is 0.150. The molecule has 0 radical (unpaired) electrons. The molecule has 1 aliphatic rings. The Labute approximate surface area is 150 Å². The van der Waals surface area contributed by atoms with Crippen molar-refractivity contribution in [2.45, 2.75) is 12.3 Å². The molecule has 0 spiro atoms. The Morgan fingerprint density at radius 2 is 1.62 bits per heavy atom. The molecule has 3 aromatic rings. The number of carbonyl (C=O) groups excluding carboxylic acids is 1. The molecular weight excluding hydrogens is 341 g/mol. The molecule has 1 amide bonds. The fourth-order valence-electron chi connectivity index (χ4n) is 3.58. The van der Waals surface area contributed by atoms with E-state index in [1.807, 2.05) is 43.4 Å². The van der Waals surface area contributed by atoms with Crippen LogP contribution in [0.1, 0.15) is 23.5 Å². The SMILES string of the molecule is CN1C(=O)CC(c2c(Cl)cccc2Cl)c2c1ccc1ccccc21. The first kappa shape index (κ1) is 15.5. The number of fused-ring (bicyclic) bond motifs is 3. The van der Waals surface area contributed by atoms with Gasteiger partial charge in [-0.3, -0.25) is 4.79 Å². The standard InChI is InChI=1S/C20H15Cl2NO/c1-23-17-10-9-12-5-2-3-6-13(12)19(17)14(11-18(23)24)20-15(21)7-4-8-16(20)22/h2-10,14H,11H2,1H3. The molecule has 1 aliphatic heterocycles. The normalized spacial score (nSPS) is 17.2. The molecule has 2 nitrogen and oxygen atoms in total. The van der Waals surface area contributed by atoms with E-state index in [4.69, 9.17) is 23.2 Å². The number of hydrogen-bond donors (Lipinski definition) is 0. The van der Waals surface area contributed by atoms with Crippen LogP contribution >= 0.6 is 23.2 Å². The van der Waals surface area contributed by atoms with Gasteiger partial charge in [-0.2, -0.15) is 0 Å². The van der Waals surface area contributed by atoms with Crippen LogP contribution in [0.2, 0.25) is 10.0 Å². The van der Waals surface area contributed by atoms with Crippen LogP contribution in [-0.4, -0.2) is 13.0 Å². The van der Waals surface area contributed by atoms with E-state index >= 15 is 0 Å². The first-order chi connectivity index (χ1) is 11.6. The van der Waals surface area contributed by atoms with Gasteiger partial charge in [0.05, 0.1) is 0 Å². The molecule has 4 heteroatoms. The smallest absolute Gasteiger partial charge is 0.227 e. The molecule has 0 bridgehead atoms. The van der Waals surface area contributed by atoms with Gasteiger partial charge in [0.15, 0.2) is 0 Å². The maximum absolute atomic E-state index is 12.5. The summed E-state index contributed by atoms with van der Waals surface area (Å²) in [6.45, 7) is 0. The first-order valence-electron chi connectivity index (χ1n) is 7.80. The molecule has 3 aromatic carbocycles. The number of nitrogens with zero attached hydrogens (tertiary/aromatic N) is 1. The number of carbonyl (C=O) groups is 1. The number of hydrogen-bond acceptors (Lipinski definition) is 1. The van der Waals surface area contributed by atoms with Crippen molar-refractivity contribution >= 4 is 45.6 Å². The molecule has 1 atom stereocenters. The van der Waals surface area contributed by atoms with Crippen LogP contribution in [0.15, 0.2) is 54.6 Å². The van der Waals surface area contributed by atoms with Crippen molar-refractivity contribution in [3.63, 3.8) is 0 Å². The predicted molar refractivity (Wildman–Crippen MR) is 100 cm³/mol. The molecule has 0 aromatic heterocycles. The van der Waals surface area contributed by atoms with Gasteiger partial charge in [0, 0.05) is 35.1 Å². The summed E-state index contributed by atoms with van der Waals surface area (Å²) in [5.74, 6) is -0.0743. The highest BCUT2D eigenvalue weighted by Gasteiger charge is 2.33. The zero-order valence-electron chi connectivity index (χ0n) is 13.1. The van der Waals surface area contributed by atoms with Crippen LogP contribution in [0.4, 0.5) is 5.69 Å². The molecule has 0 aliphatic carbocycles. The maximum Gasteiger partial charge on any atom is 0.227 e. The van der Waals surface area contributed by atoms with Crippen LogP contribution in [0, 0.1) is 0 Å². The van der Waals surface area contributed by atoms with Crippen molar-refractivity contribution in [3.8, 4) is 0 Å². The van der Waals surface area contributed by atoms with Crippen molar-refractivity contribution in [2.24, 2.45) is 0 Å². The quantitative estimate of drug-likeness (QED) is 0.552. The number of amides is 1. The lowest BCUT2D eigenvalue weighted by atomic mass is 9.81. The van der Waals surface area contributed by atoms with Gasteiger partial charge in [0.2, 0.25) is 5.91 Å². The average molecular weight is 356 g/mol. The van der Waals surface area contributed by atoms with Crippen LogP contribution < -0.4 is 4.90 Å². The summed E-state index contributed by atoms with van der Waals surface area (Å²) in [6.07, 6.45) is 0.362. The maximum atomic E-state index is 12.5. The number of halogens is 2. The summed E-state index contributed by atoms with van der Waals surface area (Å²) in [7, 11) is 1.82. The van der Waals surface area contributed by atoms with Gasteiger partial charge in [-0.05, 0) is 40.1 Å². The average Bonchev–Trinajstić information content (AvgIpc) is 2.58. The van der Waals surface area contributed by atoms with Crippen LogP contribution in [0.25, 0.3) is 10.8 Å². The third-order valence-electron chi connectivity index (χ3n) is 4.76. The highest BCUT2D eigenvalue weighted by Crippen LogP contribution is 2.47. The van der Waals surface area contributed by atoms with Gasteiger partial charge in [0.1, 0.15) is 0 Å². The molecule has 0 N–H and O–H groups in total. The molecular formula is C20H15Cl2NO. The van der Waals surface area contributed by atoms with Gasteiger partial charge in [0.25, 0.3) is 0 Å². The molecule has 120 valence electrons. The summed E-state index contributed by atoms with van der Waals surface area (Å²) in [5, 5.41) is 3.48. The minimum atomic E-state index is -0.143. The van der Waals surface area contributed by atoms with E-state index < -0.39 is 0 Å². The summed E-state index contributed by atoms with van der Waals surface area (Å²) < 4.78 is 0. The van der Waals surface area contributed by atoms with E-state index in [1.54, 1.807) is 4.90 Å². The second-order valence-electron chi connectivity index (χ2n) is 6.06. The number of benzene rings is 3. The zero-order chi connectivity index (χ0) is 16.8. The van der Waals surface area contributed by atoms with Crippen molar-refractivity contribution < 1.29 is 4.79 Å². The lowest BCUT2D eigenvalue weighted by molar-refractivity contribution is -0.118. The lowest BCUT2D eigenvalue weighted by Crippen LogP contribution is -2.33. The highest BCUT2D eigenvalue weighted by molar-refractivity contribution is 6.36. The molecule has 1 unspecified atom stereocenters. The molecule has 24 heavy (non-hydrogen) atoms. The van der Waals surface area contributed by atoms with Crippen molar-refractivity contribution in [1.29, 1.82) is 0 Å². The second-order valence-corrected chi connectivity index (χ2v) is 6.88. The number of anilines is 1. The Morgan fingerprint density at radius 3 is 2.38 bits per heavy atom. The minimum Gasteiger partial charge on any atom is -0.315 e. The summed E-state index contributed by atoms with van der Waals surface area (Å²) in [5.41, 5.74) is 2.87. The first-order valence-corrected chi connectivity index (χ1v) is 8.55. The molecule has 4 rings (SSSR count). The third kappa shape index (κ3) is 2.29. The van der Waals surface area contributed by atoms with E-state index in [0.717, 1.165) is 27.6 Å². The zero-order valence-corrected chi connectivity index (χ0v) is 14.6. The van der Waals surface area contributed by atoms with Crippen LogP contribution in [-0.2, 0) is 4.79 Å². The van der Waals surface area contributed by atoms with Crippen LogP contribution in [0.3, 0.4) is 0 Å². The topological polar surface area (TPSA) is 20.3 Å². The Balaban J connectivity index is 2.07. The van der Waals surface area contributed by atoms with E-state index in [1.165, 1.54) is 0 Å². The highest BCUT2D eigenvalue weighted by atomic mass is 35.5. The summed E-state index contributed by atoms with van der Waals surface area (Å²) in [4.78, 5) is 14.3. The Morgan fingerprint density at radius 1 is 0.917 bits per heavy atom. The van der Waals surface area contributed by atoms with Gasteiger partial charge in [-0.15, -0.1) is 0 Å². The van der Waals surface area contributed by atoms with Crippen molar-refractivity contribution in [2.75, 3.05) is 11.9 Å². The largest absolute Gasteiger partial charge is 0.315 e. The Kier molecular flexibility index (Phi) is 3.75. The fourth-order valence-corrected chi connectivity index (χ4v) is 4.24. The second kappa shape index (κ2) is 5.80. The van der Waals surface area contributed by atoms with Crippen LogP contribution in [0.5, 0.6) is 0 Å². The van der Waals surface area contributed by atoms with E-state index in [-0.39, 0.29) is 11.8 Å². The van der Waals surface area contributed by atoms with Gasteiger partial charge < -0.3 is 4.90 Å². The third-order valence-corrected chi connectivity index (χ3v) is 5.42. The van der Waals surface area contributed by atoms with E-state index in [0.29, 0.717) is 16.5 Å².